The van der Waals surface area contributed by atoms with Crippen molar-refractivity contribution in [3.05, 3.63) is 0 Å². The Morgan fingerprint density at radius 1 is 0.762 bits per heavy atom. The van der Waals surface area contributed by atoms with E-state index in [2.05, 4.69) is 13.8 Å². The van der Waals surface area contributed by atoms with Crippen LogP contribution in [0, 0.1) is 0 Å². The van der Waals surface area contributed by atoms with Gasteiger partial charge in [-0.15, -0.1) is 0 Å². The maximum absolute atomic E-state index is 8.54. The minimum absolute atomic E-state index is 0.0692. The van der Waals surface area contributed by atoms with Gasteiger partial charge in [0.2, 0.25) is 0 Å². The molecule has 1 N–H and O–H groups in total. The number of hydrogen-bond acceptors (Lipinski definition) is 4. The fraction of sp³-hybridized carbons (Fsp3) is 1.00. The zero-order valence-corrected chi connectivity index (χ0v) is 14.1. The molecule has 128 valence electrons. The first kappa shape index (κ1) is 20.8. The van der Waals surface area contributed by atoms with Gasteiger partial charge in [0, 0.05) is 0 Å². The Hall–Kier alpha value is -0.160. The summed E-state index contributed by atoms with van der Waals surface area (Å²) < 4.78 is 16.4. The lowest BCUT2D eigenvalue weighted by molar-refractivity contribution is -0.0180. The third-order valence-electron chi connectivity index (χ3n) is 3.52. The molecule has 0 aliphatic carbocycles. The van der Waals surface area contributed by atoms with Gasteiger partial charge in [-0.2, -0.15) is 0 Å². The molecule has 1 atom stereocenters. The van der Waals surface area contributed by atoms with Crippen LogP contribution in [0.2, 0.25) is 0 Å². The molecule has 21 heavy (non-hydrogen) atoms. The summed E-state index contributed by atoms with van der Waals surface area (Å²) in [6.45, 7) is 7.28. The fourth-order valence-electron chi connectivity index (χ4n) is 2.22. The first-order valence-electron chi connectivity index (χ1n) is 8.73. The molecule has 0 amide bonds. The van der Waals surface area contributed by atoms with Gasteiger partial charge in [0.05, 0.1) is 45.7 Å². The highest BCUT2D eigenvalue weighted by atomic mass is 16.5. The smallest absolute Gasteiger partial charge is 0.0704 e. The van der Waals surface area contributed by atoms with E-state index >= 15 is 0 Å². The van der Waals surface area contributed by atoms with Crippen LogP contribution in [0.4, 0.5) is 0 Å². The van der Waals surface area contributed by atoms with Crippen molar-refractivity contribution in [2.24, 2.45) is 0 Å². The third-order valence-corrected chi connectivity index (χ3v) is 3.52. The highest BCUT2D eigenvalue weighted by Crippen LogP contribution is 2.12. The van der Waals surface area contributed by atoms with Crippen molar-refractivity contribution in [3.63, 3.8) is 0 Å². The maximum atomic E-state index is 8.54. The van der Waals surface area contributed by atoms with Crippen LogP contribution in [0.25, 0.3) is 0 Å². The molecule has 0 aliphatic heterocycles. The first-order valence-corrected chi connectivity index (χ1v) is 8.73. The summed E-state index contributed by atoms with van der Waals surface area (Å²) in [4.78, 5) is 0. The number of rotatable bonds is 17. The van der Waals surface area contributed by atoms with Gasteiger partial charge >= 0.3 is 0 Å². The zero-order chi connectivity index (χ0) is 15.6. The van der Waals surface area contributed by atoms with Gasteiger partial charge in [-0.1, -0.05) is 52.4 Å². The molecule has 0 spiro atoms. The second kappa shape index (κ2) is 17.9. The molecule has 0 bridgehead atoms. The predicted octanol–water partition coefficient (Wildman–Crippen LogP) is 3.56. The topological polar surface area (TPSA) is 47.9 Å². The Morgan fingerprint density at radius 2 is 1.38 bits per heavy atom. The molecule has 0 rings (SSSR count). The minimum atomic E-state index is 0.0692. The second-order valence-corrected chi connectivity index (χ2v) is 5.41. The van der Waals surface area contributed by atoms with Crippen LogP contribution in [0.15, 0.2) is 0 Å². The van der Waals surface area contributed by atoms with Gasteiger partial charge in [-0.3, -0.25) is 0 Å². The minimum Gasteiger partial charge on any atom is -0.394 e. The Morgan fingerprint density at radius 3 is 2.05 bits per heavy atom. The molecule has 0 saturated carbocycles. The molecule has 0 aromatic carbocycles. The molecule has 4 nitrogen and oxygen atoms in total. The summed E-state index contributed by atoms with van der Waals surface area (Å²) in [5, 5.41) is 8.54. The van der Waals surface area contributed by atoms with Crippen molar-refractivity contribution in [2.45, 2.75) is 71.3 Å². The Labute approximate surface area is 131 Å². The van der Waals surface area contributed by atoms with Gasteiger partial charge < -0.3 is 19.3 Å². The average molecular weight is 304 g/mol. The van der Waals surface area contributed by atoms with Crippen molar-refractivity contribution in [3.8, 4) is 0 Å². The lowest BCUT2D eigenvalue weighted by Gasteiger charge is -2.16. The van der Waals surface area contributed by atoms with E-state index in [1.165, 1.54) is 44.9 Å². The summed E-state index contributed by atoms with van der Waals surface area (Å²) in [5.74, 6) is 0. The van der Waals surface area contributed by atoms with E-state index in [0.29, 0.717) is 39.1 Å². The lowest BCUT2D eigenvalue weighted by Crippen LogP contribution is -2.17. The molecule has 0 fully saturated rings. The Kier molecular flexibility index (Phi) is 17.8. The van der Waals surface area contributed by atoms with E-state index < -0.39 is 0 Å². The number of unbranched alkanes of at least 4 members (excludes halogenated alkanes) is 5. The molecule has 0 heterocycles. The molecule has 0 aromatic heterocycles. The molecule has 0 aliphatic rings. The Balaban J connectivity index is 3.28. The van der Waals surface area contributed by atoms with Crippen molar-refractivity contribution in [2.75, 3.05) is 39.6 Å². The summed E-state index contributed by atoms with van der Waals surface area (Å²) in [6, 6.07) is 0. The van der Waals surface area contributed by atoms with Crippen LogP contribution in [0.5, 0.6) is 0 Å². The van der Waals surface area contributed by atoms with Gasteiger partial charge in [0.1, 0.15) is 0 Å². The van der Waals surface area contributed by atoms with Crippen molar-refractivity contribution < 1.29 is 19.3 Å². The van der Waals surface area contributed by atoms with Gasteiger partial charge in [0.15, 0.2) is 0 Å². The Bertz CT molecular complexity index is 188. The van der Waals surface area contributed by atoms with Crippen LogP contribution < -0.4 is 0 Å². The molecule has 0 aromatic rings. The standard InChI is InChI=1S/C17H36O4/c1-3-5-6-7-8-9-10-17(4-2)21-16-15-20-14-13-19-12-11-18/h17-18H,3-16H2,1-2H3. The number of aliphatic hydroxyl groups is 1. The molecule has 1 unspecified atom stereocenters. The maximum Gasteiger partial charge on any atom is 0.0704 e. The van der Waals surface area contributed by atoms with E-state index in [-0.39, 0.29) is 6.61 Å². The van der Waals surface area contributed by atoms with E-state index in [0.717, 1.165) is 6.42 Å². The third kappa shape index (κ3) is 16.0. The second-order valence-electron chi connectivity index (χ2n) is 5.41. The summed E-state index contributed by atoms with van der Waals surface area (Å²) in [7, 11) is 0. The van der Waals surface area contributed by atoms with Crippen LogP contribution in [0.1, 0.15) is 65.2 Å². The largest absolute Gasteiger partial charge is 0.394 e. The summed E-state index contributed by atoms with van der Waals surface area (Å²) in [6.07, 6.45) is 10.7. The molecule has 0 saturated heterocycles. The van der Waals surface area contributed by atoms with E-state index in [1.807, 2.05) is 0 Å². The van der Waals surface area contributed by atoms with Gasteiger partial charge in [-0.25, -0.2) is 0 Å². The first-order chi connectivity index (χ1) is 10.3. The zero-order valence-electron chi connectivity index (χ0n) is 14.1. The summed E-state index contributed by atoms with van der Waals surface area (Å²) in [5.41, 5.74) is 0. The van der Waals surface area contributed by atoms with Crippen molar-refractivity contribution in [1.82, 2.24) is 0 Å². The van der Waals surface area contributed by atoms with Crippen molar-refractivity contribution in [1.29, 1.82) is 0 Å². The number of hydrogen-bond donors (Lipinski definition) is 1. The SMILES string of the molecule is CCCCCCCCC(CC)OCCOCCOCCO. The summed E-state index contributed by atoms with van der Waals surface area (Å²) >= 11 is 0. The van der Waals surface area contributed by atoms with E-state index in [1.54, 1.807) is 0 Å². The highest BCUT2D eigenvalue weighted by molar-refractivity contribution is 4.56. The molecular weight excluding hydrogens is 268 g/mol. The van der Waals surface area contributed by atoms with Crippen LogP contribution in [-0.4, -0.2) is 50.9 Å². The molecule has 0 radical (unpaired) electrons. The van der Waals surface area contributed by atoms with Crippen molar-refractivity contribution >= 4 is 0 Å². The van der Waals surface area contributed by atoms with E-state index in [9.17, 15) is 0 Å². The quantitative estimate of drug-likeness (QED) is 0.417. The van der Waals surface area contributed by atoms with E-state index in [4.69, 9.17) is 19.3 Å². The van der Waals surface area contributed by atoms with Crippen LogP contribution in [0.3, 0.4) is 0 Å². The number of aliphatic hydroxyl groups excluding tert-OH is 1. The molecular formula is C17H36O4. The van der Waals surface area contributed by atoms with Gasteiger partial charge in [0.25, 0.3) is 0 Å². The van der Waals surface area contributed by atoms with Gasteiger partial charge in [-0.05, 0) is 12.8 Å². The monoisotopic (exact) mass is 304 g/mol. The predicted molar refractivity (Wildman–Crippen MR) is 86.7 cm³/mol. The van der Waals surface area contributed by atoms with Crippen LogP contribution in [-0.2, 0) is 14.2 Å². The number of ether oxygens (including phenoxy) is 3. The fourth-order valence-corrected chi connectivity index (χ4v) is 2.22. The van der Waals surface area contributed by atoms with Crippen LogP contribution >= 0.6 is 0 Å². The average Bonchev–Trinajstić information content (AvgIpc) is 2.51. The normalized spacial score (nSPS) is 12.7. The highest BCUT2D eigenvalue weighted by Gasteiger charge is 2.05. The lowest BCUT2D eigenvalue weighted by atomic mass is 10.1. The molecule has 4 heteroatoms.